The molecule has 0 aliphatic rings. The molecule has 2 aromatic heterocycles. The molecule has 0 bridgehead atoms. The maximum Gasteiger partial charge on any atom is 0.226 e. The molecule has 6 nitrogen and oxygen atoms in total. The zero-order valence-electron chi connectivity index (χ0n) is 9.78. The highest BCUT2D eigenvalue weighted by atomic mass is 16.5. The summed E-state index contributed by atoms with van der Waals surface area (Å²) in [5.41, 5.74) is 2.54. The first kappa shape index (κ1) is 11.4. The molecule has 6 heteroatoms. The van der Waals surface area contributed by atoms with Gasteiger partial charge < -0.3 is 9.84 Å². The highest BCUT2D eigenvalue weighted by molar-refractivity contribution is 5.78. The van der Waals surface area contributed by atoms with E-state index in [2.05, 4.69) is 20.7 Å². The van der Waals surface area contributed by atoms with Crippen LogP contribution in [-0.2, 0) is 17.8 Å². The van der Waals surface area contributed by atoms with Gasteiger partial charge in [0.2, 0.25) is 5.91 Å². The lowest BCUT2D eigenvalue weighted by molar-refractivity contribution is -0.120. The average Bonchev–Trinajstić information content (AvgIpc) is 2.88. The van der Waals surface area contributed by atoms with E-state index in [1.807, 2.05) is 13.8 Å². The number of amides is 1. The highest BCUT2D eigenvalue weighted by Crippen LogP contribution is 2.11. The molecule has 0 atom stereocenters. The molecule has 0 saturated carbocycles. The van der Waals surface area contributed by atoms with Crippen molar-refractivity contribution >= 4 is 5.91 Å². The van der Waals surface area contributed by atoms with Crippen LogP contribution in [0.25, 0.3) is 0 Å². The van der Waals surface area contributed by atoms with Gasteiger partial charge >= 0.3 is 0 Å². The number of aryl methyl sites for hydroxylation is 2. The van der Waals surface area contributed by atoms with Crippen LogP contribution >= 0.6 is 0 Å². The van der Waals surface area contributed by atoms with Gasteiger partial charge in [-0.3, -0.25) is 9.89 Å². The van der Waals surface area contributed by atoms with Crippen molar-refractivity contribution in [3.63, 3.8) is 0 Å². The van der Waals surface area contributed by atoms with E-state index in [4.69, 9.17) is 4.52 Å². The first-order chi connectivity index (χ1) is 8.16. The number of carbonyl (C=O) groups is 1. The van der Waals surface area contributed by atoms with E-state index >= 15 is 0 Å². The Hall–Kier alpha value is -2.11. The Labute approximate surface area is 98.4 Å². The second kappa shape index (κ2) is 4.82. The number of hydrogen-bond acceptors (Lipinski definition) is 4. The van der Waals surface area contributed by atoms with Crippen molar-refractivity contribution in [1.29, 1.82) is 0 Å². The summed E-state index contributed by atoms with van der Waals surface area (Å²) in [6, 6.07) is 1.77. The third kappa shape index (κ3) is 2.72. The maximum absolute atomic E-state index is 11.6. The molecular weight excluding hydrogens is 220 g/mol. The lowest BCUT2D eigenvalue weighted by Gasteiger charge is -2.03. The summed E-state index contributed by atoms with van der Waals surface area (Å²) < 4.78 is 5.02. The second-order valence-electron chi connectivity index (χ2n) is 3.84. The number of rotatable bonds is 4. The van der Waals surface area contributed by atoms with Gasteiger partial charge in [-0.25, -0.2) is 0 Å². The first-order valence-electron chi connectivity index (χ1n) is 5.33. The number of carbonyl (C=O) groups excluding carboxylic acids is 1. The zero-order valence-corrected chi connectivity index (χ0v) is 9.78. The topological polar surface area (TPSA) is 83.8 Å². The Morgan fingerprint density at radius 3 is 2.94 bits per heavy atom. The van der Waals surface area contributed by atoms with Crippen LogP contribution in [0, 0.1) is 13.8 Å². The molecule has 2 heterocycles. The number of H-pyrrole nitrogens is 1. The number of nitrogens with zero attached hydrogens (tertiary/aromatic N) is 2. The molecule has 0 radical (unpaired) electrons. The van der Waals surface area contributed by atoms with Crippen molar-refractivity contribution < 1.29 is 9.32 Å². The Morgan fingerprint density at radius 2 is 2.35 bits per heavy atom. The summed E-state index contributed by atoms with van der Waals surface area (Å²) in [6.07, 6.45) is 1.92. The van der Waals surface area contributed by atoms with Gasteiger partial charge in [-0.05, 0) is 19.9 Å². The summed E-state index contributed by atoms with van der Waals surface area (Å²) in [5.74, 6) is 0.679. The van der Waals surface area contributed by atoms with Gasteiger partial charge in [-0.15, -0.1) is 0 Å². The lowest BCUT2D eigenvalue weighted by atomic mass is 10.2. The van der Waals surface area contributed by atoms with Crippen LogP contribution < -0.4 is 5.32 Å². The number of nitrogens with one attached hydrogen (secondary N) is 2. The number of aromatic nitrogens is 3. The minimum absolute atomic E-state index is 0.0609. The molecule has 2 aromatic rings. The van der Waals surface area contributed by atoms with E-state index in [0.29, 0.717) is 13.0 Å². The van der Waals surface area contributed by atoms with Crippen molar-refractivity contribution in [2.75, 3.05) is 0 Å². The van der Waals surface area contributed by atoms with Crippen molar-refractivity contribution in [1.82, 2.24) is 20.7 Å². The van der Waals surface area contributed by atoms with Crippen LogP contribution in [0.1, 0.15) is 22.7 Å². The van der Waals surface area contributed by atoms with Gasteiger partial charge in [-0.2, -0.15) is 5.10 Å². The SMILES string of the molecule is Cc1noc(C)c1CNC(=O)Cc1ccn[nH]1. The van der Waals surface area contributed by atoms with Crippen molar-refractivity contribution in [2.24, 2.45) is 0 Å². The van der Waals surface area contributed by atoms with E-state index in [9.17, 15) is 4.79 Å². The van der Waals surface area contributed by atoms with Crippen LogP contribution in [0.15, 0.2) is 16.8 Å². The fourth-order valence-corrected chi connectivity index (χ4v) is 1.56. The Balaban J connectivity index is 1.88. The molecule has 0 saturated heterocycles. The fourth-order valence-electron chi connectivity index (χ4n) is 1.56. The molecule has 0 aliphatic heterocycles. The summed E-state index contributed by atoms with van der Waals surface area (Å²) in [7, 11) is 0. The Bertz CT molecular complexity index is 482. The summed E-state index contributed by atoms with van der Waals surface area (Å²) in [5, 5.41) is 13.2. The van der Waals surface area contributed by atoms with Crippen LogP contribution in [0.3, 0.4) is 0 Å². The third-order valence-corrected chi connectivity index (χ3v) is 2.55. The predicted molar refractivity (Wildman–Crippen MR) is 60.1 cm³/mol. The van der Waals surface area contributed by atoms with Gasteiger partial charge in [-0.1, -0.05) is 5.16 Å². The van der Waals surface area contributed by atoms with Crippen molar-refractivity contribution in [2.45, 2.75) is 26.8 Å². The normalized spacial score (nSPS) is 10.5. The maximum atomic E-state index is 11.6. The number of aromatic amines is 1. The molecule has 0 unspecified atom stereocenters. The Morgan fingerprint density at radius 1 is 1.53 bits per heavy atom. The third-order valence-electron chi connectivity index (χ3n) is 2.55. The molecule has 2 rings (SSSR count). The van der Waals surface area contributed by atoms with Gasteiger partial charge in [0, 0.05) is 24.0 Å². The first-order valence-corrected chi connectivity index (χ1v) is 5.33. The molecule has 0 aliphatic carbocycles. The molecule has 0 fully saturated rings. The highest BCUT2D eigenvalue weighted by Gasteiger charge is 2.10. The van der Waals surface area contributed by atoms with Gasteiger partial charge in [0.05, 0.1) is 12.1 Å². The standard InChI is InChI=1S/C11H14N4O2/c1-7-10(8(2)17-15-7)6-12-11(16)5-9-3-4-13-14-9/h3-4H,5-6H2,1-2H3,(H,12,16)(H,13,14). The van der Waals surface area contributed by atoms with Gasteiger partial charge in [0.15, 0.2) is 0 Å². The molecule has 17 heavy (non-hydrogen) atoms. The monoisotopic (exact) mass is 234 g/mol. The van der Waals surface area contributed by atoms with Crippen LogP contribution in [0.2, 0.25) is 0 Å². The van der Waals surface area contributed by atoms with E-state index in [0.717, 1.165) is 22.7 Å². The summed E-state index contributed by atoms with van der Waals surface area (Å²) in [6.45, 7) is 4.12. The predicted octanol–water partition coefficient (Wildman–Crippen LogP) is 0.873. The molecule has 1 amide bonds. The van der Waals surface area contributed by atoms with Crippen molar-refractivity contribution in [3.8, 4) is 0 Å². The quantitative estimate of drug-likeness (QED) is 0.822. The van der Waals surface area contributed by atoms with E-state index < -0.39 is 0 Å². The van der Waals surface area contributed by atoms with Gasteiger partial charge in [0.1, 0.15) is 5.76 Å². The smallest absolute Gasteiger partial charge is 0.226 e. The average molecular weight is 234 g/mol. The minimum atomic E-state index is -0.0609. The van der Waals surface area contributed by atoms with Crippen LogP contribution in [-0.4, -0.2) is 21.3 Å². The Kier molecular flexibility index (Phi) is 3.22. The summed E-state index contributed by atoms with van der Waals surface area (Å²) >= 11 is 0. The van der Waals surface area contributed by atoms with E-state index in [-0.39, 0.29) is 5.91 Å². The zero-order chi connectivity index (χ0) is 12.3. The summed E-state index contributed by atoms with van der Waals surface area (Å²) in [4.78, 5) is 11.6. The second-order valence-corrected chi connectivity index (χ2v) is 3.84. The fraction of sp³-hybridized carbons (Fsp3) is 0.364. The molecule has 0 spiro atoms. The van der Waals surface area contributed by atoms with E-state index in [1.165, 1.54) is 0 Å². The molecular formula is C11H14N4O2. The molecule has 90 valence electrons. The van der Waals surface area contributed by atoms with E-state index in [1.54, 1.807) is 12.3 Å². The lowest BCUT2D eigenvalue weighted by Crippen LogP contribution is -2.25. The molecule has 2 N–H and O–H groups in total. The van der Waals surface area contributed by atoms with Crippen LogP contribution in [0.4, 0.5) is 0 Å². The van der Waals surface area contributed by atoms with Gasteiger partial charge in [0.25, 0.3) is 0 Å². The van der Waals surface area contributed by atoms with Crippen molar-refractivity contribution in [3.05, 3.63) is 35.0 Å². The molecule has 0 aromatic carbocycles. The largest absolute Gasteiger partial charge is 0.361 e. The minimum Gasteiger partial charge on any atom is -0.361 e. The number of hydrogen-bond donors (Lipinski definition) is 2. The van der Waals surface area contributed by atoms with Crippen LogP contribution in [0.5, 0.6) is 0 Å².